The highest BCUT2D eigenvalue weighted by Crippen LogP contribution is 2.54. The summed E-state index contributed by atoms with van der Waals surface area (Å²) >= 11 is 6.77. The van der Waals surface area contributed by atoms with Crippen molar-refractivity contribution in [2.24, 2.45) is 0 Å². The van der Waals surface area contributed by atoms with Gasteiger partial charge in [0.2, 0.25) is 5.91 Å². The number of anilines is 2. The third kappa shape index (κ3) is 3.80. The smallest absolute Gasteiger partial charge is 0.243 e. The molecule has 3 aliphatic rings. The molecule has 33 heavy (non-hydrogen) atoms. The van der Waals surface area contributed by atoms with Crippen molar-refractivity contribution in [3.8, 4) is 0 Å². The van der Waals surface area contributed by atoms with Gasteiger partial charge in [-0.1, -0.05) is 45.2 Å². The third-order valence-corrected chi connectivity index (χ3v) is 12.6. The lowest BCUT2D eigenvalue weighted by Gasteiger charge is -2.35. The number of fused-ring (bicyclic) bond motifs is 2. The number of carbonyl (C=O) groups excluding carboxylic acids is 1. The molecule has 2 fully saturated rings. The fraction of sp³-hybridized carbons (Fsp3) is 0.625. The van der Waals surface area contributed by atoms with Crippen LogP contribution in [-0.4, -0.2) is 34.2 Å². The molecule has 3 heterocycles. The monoisotopic (exact) mass is 485 g/mol. The van der Waals surface area contributed by atoms with E-state index in [9.17, 15) is 4.79 Å². The second-order valence-corrected chi connectivity index (χ2v) is 16.3. The lowest BCUT2D eigenvalue weighted by Crippen LogP contribution is -2.40. The molecule has 2 aromatic rings. The summed E-state index contributed by atoms with van der Waals surface area (Å²) < 4.78 is 6.36. The molecule has 0 radical (unpaired) electrons. The Morgan fingerprint density at radius 2 is 1.79 bits per heavy atom. The molecule has 5 rings (SSSR count). The Morgan fingerprint density at radius 1 is 1.15 bits per heavy atom. The molecule has 9 heteroatoms. The first-order chi connectivity index (χ1) is 15.5. The van der Waals surface area contributed by atoms with Gasteiger partial charge >= 0.3 is 0 Å². The highest BCUT2D eigenvalue weighted by Gasteiger charge is 2.55. The molecule has 176 valence electrons. The molecule has 0 unspecified atom stereocenters. The predicted molar refractivity (Wildman–Crippen MR) is 130 cm³/mol. The Hall–Kier alpha value is -1.90. The van der Waals surface area contributed by atoms with Crippen molar-refractivity contribution in [2.75, 3.05) is 4.90 Å². The van der Waals surface area contributed by atoms with Crippen molar-refractivity contribution < 1.29 is 9.22 Å². The standard InChI is InChI=1S/C24H32ClN5O2Si/c1-23(2,3)33(4,5)32-14-17-28-19(25)18-21(29-17)30(22(31)24(18)10-6-7-11-24)16-12-26-20(27-13-16)15-8-9-15/h12-13,15H,6-11,14H2,1-5H3. The van der Waals surface area contributed by atoms with E-state index < -0.39 is 13.7 Å². The zero-order valence-corrected chi connectivity index (χ0v) is 21.9. The van der Waals surface area contributed by atoms with Crippen molar-refractivity contribution in [2.45, 2.75) is 95.4 Å². The van der Waals surface area contributed by atoms with Crippen molar-refractivity contribution in [1.82, 2.24) is 19.9 Å². The minimum absolute atomic E-state index is 0.0106. The number of rotatable bonds is 5. The van der Waals surface area contributed by atoms with Gasteiger partial charge in [-0.25, -0.2) is 19.9 Å². The van der Waals surface area contributed by atoms with Crippen LogP contribution in [0.15, 0.2) is 12.4 Å². The van der Waals surface area contributed by atoms with Crippen LogP contribution in [0.3, 0.4) is 0 Å². The largest absolute Gasteiger partial charge is 0.409 e. The van der Waals surface area contributed by atoms with Gasteiger partial charge in [-0.3, -0.25) is 9.69 Å². The van der Waals surface area contributed by atoms with Crippen LogP contribution in [0.5, 0.6) is 0 Å². The number of hydrogen-bond acceptors (Lipinski definition) is 6. The SMILES string of the molecule is CC(C)(C)[Si](C)(C)OCc1nc(Cl)c2c(n1)N(c1cnc(C3CC3)nc1)C(=O)C21CCCC1. The van der Waals surface area contributed by atoms with Crippen LogP contribution in [0, 0.1) is 0 Å². The second kappa shape index (κ2) is 7.82. The predicted octanol–water partition coefficient (Wildman–Crippen LogP) is 5.81. The van der Waals surface area contributed by atoms with Gasteiger partial charge in [0, 0.05) is 11.5 Å². The van der Waals surface area contributed by atoms with Gasteiger partial charge in [-0.05, 0) is 43.8 Å². The molecule has 0 atom stereocenters. The van der Waals surface area contributed by atoms with Crippen molar-refractivity contribution in [3.63, 3.8) is 0 Å². The van der Waals surface area contributed by atoms with Crippen LogP contribution in [0.25, 0.3) is 0 Å². The third-order valence-electron chi connectivity index (χ3n) is 7.88. The summed E-state index contributed by atoms with van der Waals surface area (Å²) in [6, 6.07) is 0. The highest BCUT2D eigenvalue weighted by molar-refractivity contribution is 6.74. The molecular formula is C24H32ClN5O2Si. The number of amides is 1. The number of carbonyl (C=O) groups is 1. The van der Waals surface area contributed by atoms with E-state index in [4.69, 9.17) is 21.0 Å². The topological polar surface area (TPSA) is 81.1 Å². The maximum Gasteiger partial charge on any atom is 0.243 e. The summed E-state index contributed by atoms with van der Waals surface area (Å²) in [5.74, 6) is 2.39. The van der Waals surface area contributed by atoms with Gasteiger partial charge in [-0.15, -0.1) is 0 Å². The molecule has 1 amide bonds. The first-order valence-electron chi connectivity index (χ1n) is 11.9. The summed E-state index contributed by atoms with van der Waals surface area (Å²) in [6.45, 7) is 11.3. The second-order valence-electron chi connectivity index (χ2n) is 11.2. The fourth-order valence-corrected chi connectivity index (χ4v) is 5.95. The van der Waals surface area contributed by atoms with Crippen molar-refractivity contribution in [1.29, 1.82) is 0 Å². The van der Waals surface area contributed by atoms with Gasteiger partial charge in [0.15, 0.2) is 14.1 Å². The Bertz CT molecular complexity index is 1090. The fourth-order valence-electron chi connectivity index (χ4n) is 4.66. The summed E-state index contributed by atoms with van der Waals surface area (Å²) in [4.78, 5) is 34.1. The first kappa shape index (κ1) is 22.9. The average Bonchev–Trinajstić information content (AvgIpc) is 3.43. The van der Waals surface area contributed by atoms with Gasteiger partial charge < -0.3 is 4.43 Å². The Kier molecular flexibility index (Phi) is 5.42. The molecule has 2 saturated carbocycles. The van der Waals surface area contributed by atoms with Crippen LogP contribution in [-0.2, 0) is 21.2 Å². The lowest BCUT2D eigenvalue weighted by atomic mass is 9.81. The molecule has 0 saturated heterocycles. The van der Waals surface area contributed by atoms with Gasteiger partial charge in [0.1, 0.15) is 16.8 Å². The van der Waals surface area contributed by atoms with Crippen molar-refractivity contribution >= 4 is 37.3 Å². The zero-order valence-electron chi connectivity index (χ0n) is 20.1. The van der Waals surface area contributed by atoms with Crippen LogP contribution in [0.2, 0.25) is 23.3 Å². The van der Waals surface area contributed by atoms with Gasteiger partial charge in [0.25, 0.3) is 0 Å². The molecule has 1 spiro atoms. The number of aromatic nitrogens is 4. The van der Waals surface area contributed by atoms with E-state index in [1.807, 2.05) is 0 Å². The molecule has 7 nitrogen and oxygen atoms in total. The summed E-state index contributed by atoms with van der Waals surface area (Å²) in [7, 11) is -1.99. The van der Waals surface area contributed by atoms with Crippen LogP contribution in [0.1, 0.15) is 82.4 Å². The average molecular weight is 486 g/mol. The number of halogens is 1. The van der Waals surface area contributed by atoms with E-state index in [1.165, 1.54) is 0 Å². The van der Waals surface area contributed by atoms with Gasteiger partial charge in [0.05, 0.1) is 30.1 Å². The lowest BCUT2D eigenvalue weighted by molar-refractivity contribution is -0.122. The van der Waals surface area contributed by atoms with Crippen molar-refractivity contribution in [3.05, 3.63) is 34.8 Å². The summed E-state index contributed by atoms with van der Waals surface area (Å²) in [5.41, 5.74) is 0.745. The van der Waals surface area contributed by atoms with E-state index in [1.54, 1.807) is 17.3 Å². The maximum atomic E-state index is 13.8. The van der Waals surface area contributed by atoms with Crippen LogP contribution >= 0.6 is 11.6 Å². The molecular weight excluding hydrogens is 454 g/mol. The van der Waals surface area contributed by atoms with E-state index in [2.05, 4.69) is 48.8 Å². The molecule has 2 aromatic heterocycles. The number of hydrogen-bond donors (Lipinski definition) is 0. The molecule has 0 aromatic carbocycles. The van der Waals surface area contributed by atoms with E-state index >= 15 is 0 Å². The molecule has 1 aliphatic heterocycles. The first-order valence-corrected chi connectivity index (χ1v) is 15.2. The van der Waals surface area contributed by atoms with Crippen LogP contribution < -0.4 is 4.90 Å². The van der Waals surface area contributed by atoms with Crippen LogP contribution in [0.4, 0.5) is 11.5 Å². The molecule has 0 N–H and O–H groups in total. The minimum Gasteiger partial charge on any atom is -0.409 e. The Labute approximate surface area is 201 Å². The zero-order chi connectivity index (χ0) is 23.6. The molecule has 0 bridgehead atoms. The highest BCUT2D eigenvalue weighted by atomic mass is 35.5. The quantitative estimate of drug-likeness (QED) is 0.392. The Morgan fingerprint density at radius 3 is 2.36 bits per heavy atom. The number of nitrogens with zero attached hydrogens (tertiary/aromatic N) is 5. The Balaban J connectivity index is 1.54. The van der Waals surface area contributed by atoms with E-state index in [0.29, 0.717) is 28.4 Å². The minimum atomic E-state index is -1.99. The summed E-state index contributed by atoms with van der Waals surface area (Å²) in [6.07, 6.45) is 9.27. The van der Waals surface area contributed by atoms with E-state index in [0.717, 1.165) is 49.9 Å². The molecule has 2 aliphatic carbocycles. The normalized spacial score (nSPS) is 20.1. The maximum absolute atomic E-state index is 13.8. The van der Waals surface area contributed by atoms with Gasteiger partial charge in [-0.2, -0.15) is 0 Å². The summed E-state index contributed by atoms with van der Waals surface area (Å²) in [5, 5.41) is 0.437. The van der Waals surface area contributed by atoms with E-state index in [-0.39, 0.29) is 17.6 Å².